The molecule has 92 valence electrons. The van der Waals surface area contributed by atoms with Gasteiger partial charge in [-0.15, -0.1) is 0 Å². The Labute approximate surface area is 101 Å². The molecule has 0 atom stereocenters. The summed E-state index contributed by atoms with van der Waals surface area (Å²) in [5.74, 6) is 2.95. The van der Waals surface area contributed by atoms with Gasteiger partial charge >= 0.3 is 0 Å². The van der Waals surface area contributed by atoms with Crippen LogP contribution in [0.1, 0.15) is 25.3 Å². The summed E-state index contributed by atoms with van der Waals surface area (Å²) < 4.78 is 10.9. The van der Waals surface area contributed by atoms with Crippen molar-refractivity contribution < 1.29 is 8.83 Å². The molecule has 0 bridgehead atoms. The molecule has 0 fully saturated rings. The maximum atomic E-state index is 5.53. The van der Waals surface area contributed by atoms with Crippen molar-refractivity contribution in [3.8, 4) is 11.5 Å². The van der Waals surface area contributed by atoms with Crippen molar-refractivity contribution in [2.45, 2.75) is 27.3 Å². The van der Waals surface area contributed by atoms with Crippen LogP contribution in [-0.4, -0.2) is 11.5 Å². The average Bonchev–Trinajstić information content (AvgIpc) is 2.86. The molecule has 0 saturated carbocycles. The lowest BCUT2D eigenvalue weighted by Crippen LogP contribution is -2.19. The van der Waals surface area contributed by atoms with Gasteiger partial charge in [-0.25, -0.2) is 4.98 Å². The number of hydrogen-bond acceptors (Lipinski definition) is 4. The Bertz CT molecular complexity index is 471. The fraction of sp³-hybridized carbons (Fsp3) is 0.462. The lowest BCUT2D eigenvalue weighted by molar-refractivity contribution is 0.500. The summed E-state index contributed by atoms with van der Waals surface area (Å²) in [5, 5.41) is 3.34. The van der Waals surface area contributed by atoms with E-state index in [1.54, 1.807) is 0 Å². The van der Waals surface area contributed by atoms with Crippen molar-refractivity contribution in [2.75, 3.05) is 6.54 Å². The van der Waals surface area contributed by atoms with E-state index in [0.29, 0.717) is 18.2 Å². The number of nitrogens with zero attached hydrogens (tertiary/aromatic N) is 1. The predicted octanol–water partition coefficient (Wildman–Crippen LogP) is 2.99. The molecule has 0 spiro atoms. The molecular weight excluding hydrogens is 216 g/mol. The molecule has 0 aliphatic rings. The number of aromatic nitrogens is 1. The number of aryl methyl sites for hydroxylation is 1. The molecule has 17 heavy (non-hydrogen) atoms. The van der Waals surface area contributed by atoms with Gasteiger partial charge in [0.1, 0.15) is 11.5 Å². The molecule has 4 nitrogen and oxygen atoms in total. The molecule has 1 N–H and O–H groups in total. The third-order valence-corrected chi connectivity index (χ3v) is 2.45. The van der Waals surface area contributed by atoms with Crippen LogP contribution in [0, 0.1) is 12.8 Å². The Kier molecular flexibility index (Phi) is 3.64. The van der Waals surface area contributed by atoms with E-state index in [-0.39, 0.29) is 0 Å². The van der Waals surface area contributed by atoms with E-state index in [1.807, 2.05) is 19.1 Å². The lowest BCUT2D eigenvalue weighted by atomic mass is 10.2. The van der Waals surface area contributed by atoms with E-state index in [9.17, 15) is 0 Å². The van der Waals surface area contributed by atoms with Gasteiger partial charge < -0.3 is 14.2 Å². The number of oxazole rings is 1. The van der Waals surface area contributed by atoms with Gasteiger partial charge in [0.2, 0.25) is 0 Å². The van der Waals surface area contributed by atoms with Gasteiger partial charge in [-0.05, 0) is 31.5 Å². The van der Waals surface area contributed by atoms with E-state index in [0.717, 1.165) is 23.8 Å². The summed E-state index contributed by atoms with van der Waals surface area (Å²) in [6.45, 7) is 7.92. The topological polar surface area (TPSA) is 51.2 Å². The van der Waals surface area contributed by atoms with Crippen LogP contribution in [0.5, 0.6) is 0 Å². The van der Waals surface area contributed by atoms with E-state index in [1.165, 1.54) is 6.39 Å². The predicted molar refractivity (Wildman–Crippen MR) is 65.5 cm³/mol. The minimum Gasteiger partial charge on any atom is -0.458 e. The van der Waals surface area contributed by atoms with Crippen molar-refractivity contribution >= 4 is 0 Å². The molecule has 0 aliphatic carbocycles. The molecule has 4 heteroatoms. The van der Waals surface area contributed by atoms with Crippen LogP contribution < -0.4 is 5.32 Å². The molecular formula is C13H18N2O2. The second kappa shape index (κ2) is 5.19. The second-order valence-corrected chi connectivity index (χ2v) is 4.56. The molecule has 2 heterocycles. The quantitative estimate of drug-likeness (QED) is 0.864. The fourth-order valence-electron chi connectivity index (χ4n) is 1.63. The number of rotatable bonds is 5. The van der Waals surface area contributed by atoms with Gasteiger partial charge in [-0.2, -0.15) is 0 Å². The van der Waals surface area contributed by atoms with E-state index >= 15 is 0 Å². The third-order valence-electron chi connectivity index (χ3n) is 2.45. The van der Waals surface area contributed by atoms with Crippen molar-refractivity contribution in [1.29, 1.82) is 0 Å². The highest BCUT2D eigenvalue weighted by atomic mass is 16.4. The minimum atomic E-state index is 0.621. The molecule has 0 aromatic carbocycles. The molecule has 2 aromatic heterocycles. The third kappa shape index (κ3) is 2.97. The zero-order valence-electron chi connectivity index (χ0n) is 10.5. The molecule has 2 rings (SSSR count). The first-order valence-electron chi connectivity index (χ1n) is 5.86. The summed E-state index contributed by atoms with van der Waals surface area (Å²) in [5.41, 5.74) is 0.889. The van der Waals surface area contributed by atoms with Gasteiger partial charge in [-0.1, -0.05) is 13.8 Å². The van der Waals surface area contributed by atoms with Crippen molar-refractivity contribution in [1.82, 2.24) is 10.3 Å². The highest BCUT2D eigenvalue weighted by Gasteiger charge is 2.13. The monoisotopic (exact) mass is 234 g/mol. The number of nitrogens with one attached hydrogen (secondary N) is 1. The van der Waals surface area contributed by atoms with E-state index < -0.39 is 0 Å². The Morgan fingerprint density at radius 3 is 2.82 bits per heavy atom. The first-order chi connectivity index (χ1) is 8.16. The van der Waals surface area contributed by atoms with Crippen LogP contribution in [0.3, 0.4) is 0 Å². The van der Waals surface area contributed by atoms with E-state index in [4.69, 9.17) is 8.83 Å². The minimum absolute atomic E-state index is 0.621. The van der Waals surface area contributed by atoms with Crippen LogP contribution in [0.15, 0.2) is 27.4 Å². The summed E-state index contributed by atoms with van der Waals surface area (Å²) in [6.07, 6.45) is 1.46. The fourth-order valence-corrected chi connectivity index (χ4v) is 1.63. The normalized spacial score (nSPS) is 11.3. The molecule has 2 aromatic rings. The summed E-state index contributed by atoms with van der Waals surface area (Å²) >= 11 is 0. The van der Waals surface area contributed by atoms with Crippen LogP contribution in [0.2, 0.25) is 0 Å². The summed E-state index contributed by atoms with van der Waals surface area (Å²) in [6, 6.07) is 3.82. The maximum absolute atomic E-state index is 5.53. The standard InChI is InChI=1S/C13H18N2O2/c1-9(2)6-14-7-11-13(16-8-15-11)12-5-4-10(3)17-12/h4-5,8-9,14H,6-7H2,1-3H3. The molecule has 0 saturated heterocycles. The van der Waals surface area contributed by atoms with Gasteiger partial charge in [0.05, 0.1) is 0 Å². The highest BCUT2D eigenvalue weighted by Crippen LogP contribution is 2.24. The molecule has 0 aliphatic heterocycles. The molecule has 0 radical (unpaired) electrons. The first kappa shape index (κ1) is 11.9. The smallest absolute Gasteiger partial charge is 0.194 e. The van der Waals surface area contributed by atoms with Crippen LogP contribution >= 0.6 is 0 Å². The number of hydrogen-bond donors (Lipinski definition) is 1. The zero-order chi connectivity index (χ0) is 12.3. The first-order valence-corrected chi connectivity index (χ1v) is 5.86. The SMILES string of the molecule is Cc1ccc(-c2ocnc2CNCC(C)C)o1. The van der Waals surface area contributed by atoms with Crippen molar-refractivity contribution in [3.05, 3.63) is 30.0 Å². The lowest BCUT2D eigenvalue weighted by Gasteiger charge is -2.05. The van der Waals surface area contributed by atoms with E-state index in [2.05, 4.69) is 24.1 Å². The van der Waals surface area contributed by atoms with Gasteiger partial charge in [0.15, 0.2) is 17.9 Å². The molecule has 0 amide bonds. The average molecular weight is 234 g/mol. The Balaban J connectivity index is 2.07. The summed E-state index contributed by atoms with van der Waals surface area (Å²) in [7, 11) is 0. The van der Waals surface area contributed by atoms with Crippen LogP contribution in [0.4, 0.5) is 0 Å². The van der Waals surface area contributed by atoms with Gasteiger partial charge in [0, 0.05) is 6.54 Å². The molecule has 0 unspecified atom stereocenters. The zero-order valence-corrected chi connectivity index (χ0v) is 10.5. The Morgan fingerprint density at radius 2 is 2.18 bits per heavy atom. The van der Waals surface area contributed by atoms with Crippen LogP contribution in [-0.2, 0) is 6.54 Å². The Hall–Kier alpha value is -1.55. The highest BCUT2D eigenvalue weighted by molar-refractivity contribution is 5.52. The largest absolute Gasteiger partial charge is 0.458 e. The maximum Gasteiger partial charge on any atom is 0.194 e. The Morgan fingerprint density at radius 1 is 1.35 bits per heavy atom. The number of furan rings is 1. The summed E-state index contributed by atoms with van der Waals surface area (Å²) in [4.78, 5) is 4.21. The second-order valence-electron chi connectivity index (χ2n) is 4.56. The van der Waals surface area contributed by atoms with Gasteiger partial charge in [-0.3, -0.25) is 0 Å². The van der Waals surface area contributed by atoms with Crippen LogP contribution in [0.25, 0.3) is 11.5 Å². The van der Waals surface area contributed by atoms with Crippen molar-refractivity contribution in [2.24, 2.45) is 5.92 Å². The van der Waals surface area contributed by atoms with Gasteiger partial charge in [0.25, 0.3) is 0 Å². The van der Waals surface area contributed by atoms with Crippen molar-refractivity contribution in [3.63, 3.8) is 0 Å².